The first-order valence-electron chi connectivity index (χ1n) is 5.03. The number of hydrogen-bond acceptors (Lipinski definition) is 3. The van der Waals surface area contributed by atoms with Crippen LogP contribution in [0.15, 0.2) is 24.3 Å². The van der Waals surface area contributed by atoms with E-state index in [0.717, 1.165) is 17.8 Å². The standard InChI is InChI=1S/C11H12F3NO2S/c12-11(13,14)8-4-2-1-3-7(8)5-18-6-9(15)10(16)17/h1-4,9H,5-6,15H2,(H,16,17). The predicted molar refractivity (Wildman–Crippen MR) is 63.2 cm³/mol. The van der Waals surface area contributed by atoms with Crippen LogP contribution >= 0.6 is 11.8 Å². The van der Waals surface area contributed by atoms with E-state index in [0.29, 0.717) is 0 Å². The maximum atomic E-state index is 12.6. The Kier molecular flexibility index (Phi) is 5.03. The molecular formula is C11H12F3NO2S. The summed E-state index contributed by atoms with van der Waals surface area (Å²) < 4.78 is 37.9. The van der Waals surface area contributed by atoms with Gasteiger partial charge in [0.2, 0.25) is 0 Å². The van der Waals surface area contributed by atoms with Crippen molar-refractivity contribution in [3.05, 3.63) is 35.4 Å². The van der Waals surface area contributed by atoms with E-state index in [-0.39, 0.29) is 17.1 Å². The molecule has 1 aromatic rings. The summed E-state index contributed by atoms with van der Waals surface area (Å²) in [4.78, 5) is 10.4. The van der Waals surface area contributed by atoms with Gasteiger partial charge in [-0.15, -0.1) is 0 Å². The van der Waals surface area contributed by atoms with Gasteiger partial charge in [0.15, 0.2) is 0 Å². The predicted octanol–water partition coefficient (Wildman–Crippen LogP) is 2.35. The Morgan fingerprint density at radius 1 is 1.39 bits per heavy atom. The first-order valence-corrected chi connectivity index (χ1v) is 6.19. The number of hydrogen-bond donors (Lipinski definition) is 2. The molecule has 0 saturated heterocycles. The largest absolute Gasteiger partial charge is 0.480 e. The van der Waals surface area contributed by atoms with E-state index >= 15 is 0 Å². The van der Waals surface area contributed by atoms with Crippen LogP contribution in [0.25, 0.3) is 0 Å². The van der Waals surface area contributed by atoms with Crippen LogP contribution in [0.1, 0.15) is 11.1 Å². The quantitative estimate of drug-likeness (QED) is 0.868. The molecule has 100 valence electrons. The molecule has 0 amide bonds. The maximum absolute atomic E-state index is 12.6. The third-order valence-corrected chi connectivity index (χ3v) is 3.30. The van der Waals surface area contributed by atoms with Gasteiger partial charge in [-0.2, -0.15) is 24.9 Å². The lowest BCUT2D eigenvalue weighted by atomic mass is 10.1. The molecule has 18 heavy (non-hydrogen) atoms. The number of thioether (sulfide) groups is 1. The molecule has 1 atom stereocenters. The van der Waals surface area contributed by atoms with Gasteiger partial charge in [-0.1, -0.05) is 18.2 Å². The van der Waals surface area contributed by atoms with Crippen molar-refractivity contribution < 1.29 is 23.1 Å². The van der Waals surface area contributed by atoms with E-state index in [9.17, 15) is 18.0 Å². The minimum absolute atomic E-state index is 0.0710. The summed E-state index contributed by atoms with van der Waals surface area (Å²) in [6.45, 7) is 0. The number of aliphatic carboxylic acids is 1. The lowest BCUT2D eigenvalue weighted by Crippen LogP contribution is -2.32. The van der Waals surface area contributed by atoms with Crippen molar-refractivity contribution in [3.63, 3.8) is 0 Å². The Morgan fingerprint density at radius 2 is 2.00 bits per heavy atom. The summed E-state index contributed by atoms with van der Waals surface area (Å²) in [6.07, 6.45) is -4.40. The third-order valence-electron chi connectivity index (χ3n) is 2.19. The molecular weight excluding hydrogens is 267 g/mol. The van der Waals surface area contributed by atoms with Gasteiger partial charge in [-0.3, -0.25) is 4.79 Å². The van der Waals surface area contributed by atoms with Gasteiger partial charge in [0.25, 0.3) is 0 Å². The number of carboxylic acid groups (broad SMARTS) is 1. The average molecular weight is 279 g/mol. The lowest BCUT2D eigenvalue weighted by Gasteiger charge is -2.12. The normalized spacial score (nSPS) is 13.3. The smallest absolute Gasteiger partial charge is 0.416 e. The summed E-state index contributed by atoms with van der Waals surface area (Å²) >= 11 is 1.07. The number of carboxylic acids is 1. The van der Waals surface area contributed by atoms with Crippen LogP contribution in [0.4, 0.5) is 13.2 Å². The molecule has 0 aliphatic carbocycles. The summed E-state index contributed by atoms with van der Waals surface area (Å²) in [5, 5.41) is 8.54. The van der Waals surface area contributed by atoms with Crippen LogP contribution in [0, 0.1) is 0 Å². The highest BCUT2D eigenvalue weighted by atomic mass is 32.2. The Hall–Kier alpha value is -1.21. The minimum atomic E-state index is -4.40. The number of carbonyl (C=O) groups is 1. The molecule has 3 nitrogen and oxygen atoms in total. The van der Waals surface area contributed by atoms with Crippen molar-refractivity contribution in [1.82, 2.24) is 0 Å². The van der Waals surface area contributed by atoms with Gasteiger partial charge in [0, 0.05) is 11.5 Å². The Bertz CT molecular complexity index is 423. The van der Waals surface area contributed by atoms with Crippen molar-refractivity contribution in [3.8, 4) is 0 Å². The van der Waals surface area contributed by atoms with Crippen molar-refractivity contribution in [2.24, 2.45) is 5.73 Å². The highest BCUT2D eigenvalue weighted by molar-refractivity contribution is 7.98. The molecule has 1 rings (SSSR count). The van der Waals surface area contributed by atoms with E-state index in [2.05, 4.69) is 0 Å². The zero-order chi connectivity index (χ0) is 13.8. The third kappa shape index (κ3) is 4.23. The molecule has 0 spiro atoms. The van der Waals surface area contributed by atoms with Crippen LogP contribution in [0.5, 0.6) is 0 Å². The van der Waals surface area contributed by atoms with Crippen LogP contribution in [-0.4, -0.2) is 22.9 Å². The molecule has 0 fully saturated rings. The number of nitrogens with two attached hydrogens (primary N) is 1. The van der Waals surface area contributed by atoms with Gasteiger partial charge in [-0.25, -0.2) is 0 Å². The second-order valence-electron chi connectivity index (χ2n) is 3.61. The van der Waals surface area contributed by atoms with Gasteiger partial charge >= 0.3 is 12.1 Å². The van der Waals surface area contributed by atoms with Crippen LogP contribution in [0.3, 0.4) is 0 Å². The van der Waals surface area contributed by atoms with Crippen molar-refractivity contribution in [2.75, 3.05) is 5.75 Å². The van der Waals surface area contributed by atoms with E-state index in [1.54, 1.807) is 0 Å². The molecule has 1 unspecified atom stereocenters. The Labute approximate surface area is 106 Å². The average Bonchev–Trinajstić information content (AvgIpc) is 2.28. The van der Waals surface area contributed by atoms with Crippen molar-refractivity contribution in [1.29, 1.82) is 0 Å². The van der Waals surface area contributed by atoms with Gasteiger partial charge in [-0.05, 0) is 11.6 Å². The minimum Gasteiger partial charge on any atom is -0.480 e. The summed E-state index contributed by atoms with van der Waals surface area (Å²) in [5.41, 5.74) is 4.70. The van der Waals surface area contributed by atoms with Crippen molar-refractivity contribution in [2.45, 2.75) is 18.0 Å². The SMILES string of the molecule is NC(CSCc1ccccc1C(F)(F)F)C(=O)O. The molecule has 0 bridgehead atoms. The molecule has 0 heterocycles. The van der Waals surface area contributed by atoms with E-state index in [1.165, 1.54) is 18.2 Å². The molecule has 3 N–H and O–H groups in total. The highest BCUT2D eigenvalue weighted by Crippen LogP contribution is 2.33. The summed E-state index contributed by atoms with van der Waals surface area (Å²) in [7, 11) is 0. The zero-order valence-electron chi connectivity index (χ0n) is 9.28. The van der Waals surface area contributed by atoms with E-state index < -0.39 is 23.8 Å². The number of alkyl halides is 3. The van der Waals surface area contributed by atoms with Crippen LogP contribution in [0.2, 0.25) is 0 Å². The number of rotatable bonds is 5. The maximum Gasteiger partial charge on any atom is 0.416 e. The first-order chi connectivity index (χ1) is 8.32. The molecule has 0 saturated carbocycles. The highest BCUT2D eigenvalue weighted by Gasteiger charge is 2.32. The summed E-state index contributed by atoms with van der Waals surface area (Å²) in [6, 6.07) is 4.16. The molecule has 0 aliphatic rings. The second-order valence-corrected chi connectivity index (χ2v) is 4.65. The fraction of sp³-hybridized carbons (Fsp3) is 0.364. The van der Waals surface area contributed by atoms with E-state index in [4.69, 9.17) is 10.8 Å². The molecule has 1 aromatic carbocycles. The fourth-order valence-electron chi connectivity index (χ4n) is 1.29. The number of halogens is 3. The van der Waals surface area contributed by atoms with Crippen LogP contribution in [-0.2, 0) is 16.7 Å². The molecule has 7 heteroatoms. The van der Waals surface area contributed by atoms with Crippen molar-refractivity contribution >= 4 is 17.7 Å². The molecule has 0 aromatic heterocycles. The summed E-state index contributed by atoms with van der Waals surface area (Å²) in [5.74, 6) is -1.01. The Morgan fingerprint density at radius 3 is 2.56 bits per heavy atom. The lowest BCUT2D eigenvalue weighted by molar-refractivity contribution is -0.139. The van der Waals surface area contributed by atoms with Gasteiger partial charge in [0.05, 0.1) is 5.56 Å². The monoisotopic (exact) mass is 279 g/mol. The topological polar surface area (TPSA) is 63.3 Å². The van der Waals surface area contributed by atoms with Gasteiger partial charge in [0.1, 0.15) is 6.04 Å². The Balaban J connectivity index is 2.66. The second kappa shape index (κ2) is 6.10. The number of benzene rings is 1. The first kappa shape index (κ1) is 14.8. The van der Waals surface area contributed by atoms with Gasteiger partial charge < -0.3 is 10.8 Å². The fourth-order valence-corrected chi connectivity index (χ4v) is 2.28. The molecule has 0 radical (unpaired) electrons. The van der Waals surface area contributed by atoms with E-state index in [1.807, 2.05) is 0 Å². The van der Waals surface area contributed by atoms with Crippen LogP contribution < -0.4 is 5.73 Å². The molecule has 0 aliphatic heterocycles. The zero-order valence-corrected chi connectivity index (χ0v) is 10.1.